The number of aromatic nitrogens is 1. The van der Waals surface area contributed by atoms with E-state index in [9.17, 15) is 9.59 Å². The molecule has 0 saturated carbocycles. The number of amides is 1. The topological polar surface area (TPSA) is 68.8 Å². The molecule has 0 bridgehead atoms. The number of aromatic amines is 1. The monoisotopic (exact) mass is 434 g/mol. The van der Waals surface area contributed by atoms with Crippen molar-refractivity contribution in [1.29, 1.82) is 0 Å². The summed E-state index contributed by atoms with van der Waals surface area (Å²) >= 11 is 1.52. The van der Waals surface area contributed by atoms with Gasteiger partial charge in [0.1, 0.15) is 4.83 Å². The SMILES string of the molecule is CCC(=O)N1N=C(c2c(C)c3ccsc3[nH]c2=O)CC1c1ccc(N2CCCC2)cc1. The first-order chi connectivity index (χ1) is 15.1. The summed E-state index contributed by atoms with van der Waals surface area (Å²) in [4.78, 5) is 31.9. The molecule has 1 N–H and O–H groups in total. The van der Waals surface area contributed by atoms with Gasteiger partial charge < -0.3 is 9.88 Å². The van der Waals surface area contributed by atoms with Gasteiger partial charge in [-0.15, -0.1) is 11.3 Å². The van der Waals surface area contributed by atoms with Gasteiger partial charge in [0.25, 0.3) is 5.56 Å². The van der Waals surface area contributed by atoms with Crippen molar-refractivity contribution in [2.45, 2.75) is 45.6 Å². The van der Waals surface area contributed by atoms with E-state index >= 15 is 0 Å². The summed E-state index contributed by atoms with van der Waals surface area (Å²) in [5.41, 5.74) is 4.34. The van der Waals surface area contributed by atoms with Crippen molar-refractivity contribution in [2.75, 3.05) is 18.0 Å². The molecule has 4 heterocycles. The molecule has 2 aliphatic heterocycles. The lowest BCUT2D eigenvalue weighted by Gasteiger charge is -2.23. The van der Waals surface area contributed by atoms with E-state index in [0.29, 0.717) is 24.1 Å². The van der Waals surface area contributed by atoms with Crippen molar-refractivity contribution in [3.63, 3.8) is 0 Å². The predicted octanol–water partition coefficient (Wildman–Crippen LogP) is 4.59. The molecule has 1 aromatic carbocycles. The van der Waals surface area contributed by atoms with E-state index in [1.54, 1.807) is 5.01 Å². The third-order valence-corrected chi connectivity index (χ3v) is 7.23. The first-order valence-corrected chi connectivity index (χ1v) is 11.8. The van der Waals surface area contributed by atoms with Crippen LogP contribution in [0.15, 0.2) is 45.6 Å². The number of carbonyl (C=O) groups is 1. The van der Waals surface area contributed by atoms with Crippen LogP contribution in [0.3, 0.4) is 0 Å². The van der Waals surface area contributed by atoms with E-state index in [4.69, 9.17) is 0 Å². The van der Waals surface area contributed by atoms with Gasteiger partial charge in [0, 0.05) is 37.0 Å². The molecule has 0 radical (unpaired) electrons. The van der Waals surface area contributed by atoms with Crippen LogP contribution in [0.25, 0.3) is 10.2 Å². The van der Waals surface area contributed by atoms with Gasteiger partial charge in [-0.1, -0.05) is 19.1 Å². The van der Waals surface area contributed by atoms with Crippen LogP contribution < -0.4 is 10.5 Å². The van der Waals surface area contributed by atoms with Gasteiger partial charge in [-0.05, 0) is 54.5 Å². The Hall–Kier alpha value is -2.93. The molecule has 1 amide bonds. The van der Waals surface area contributed by atoms with Gasteiger partial charge in [-0.25, -0.2) is 5.01 Å². The lowest BCUT2D eigenvalue weighted by molar-refractivity contribution is -0.132. The number of rotatable bonds is 4. The normalized spacial score (nSPS) is 18.8. The van der Waals surface area contributed by atoms with Gasteiger partial charge >= 0.3 is 0 Å². The van der Waals surface area contributed by atoms with Crippen LogP contribution in [0.2, 0.25) is 0 Å². The molecule has 1 unspecified atom stereocenters. The maximum atomic E-state index is 12.9. The summed E-state index contributed by atoms with van der Waals surface area (Å²) < 4.78 is 0. The van der Waals surface area contributed by atoms with Crippen LogP contribution in [0.5, 0.6) is 0 Å². The van der Waals surface area contributed by atoms with Crippen molar-refractivity contribution in [1.82, 2.24) is 9.99 Å². The fourth-order valence-corrected chi connectivity index (χ4v) is 5.55. The number of benzene rings is 1. The molecule has 5 rings (SSSR count). The highest BCUT2D eigenvalue weighted by atomic mass is 32.1. The summed E-state index contributed by atoms with van der Waals surface area (Å²) in [6.45, 7) is 6.01. The van der Waals surface area contributed by atoms with Crippen molar-refractivity contribution < 1.29 is 4.79 Å². The van der Waals surface area contributed by atoms with Crippen molar-refractivity contribution in [3.8, 4) is 0 Å². The minimum Gasteiger partial charge on any atom is -0.372 e. The van der Waals surface area contributed by atoms with E-state index in [-0.39, 0.29) is 17.5 Å². The van der Waals surface area contributed by atoms with Crippen molar-refractivity contribution in [2.24, 2.45) is 5.10 Å². The Balaban J connectivity index is 1.51. The average Bonchev–Trinajstić information content (AvgIpc) is 3.54. The Labute approximate surface area is 185 Å². The van der Waals surface area contributed by atoms with E-state index in [0.717, 1.165) is 34.4 Å². The Morgan fingerprint density at radius 3 is 2.65 bits per heavy atom. The fourth-order valence-electron chi connectivity index (χ4n) is 4.71. The van der Waals surface area contributed by atoms with E-state index < -0.39 is 0 Å². The molecule has 0 aliphatic carbocycles. The standard InChI is InChI=1S/C24H26N4O2S/c1-3-21(29)28-20(16-6-8-17(9-7-16)27-11-4-5-12-27)14-19(26-28)22-15(2)18-10-13-31-24(18)25-23(22)30/h6-10,13,20H,3-5,11-12,14H2,1-2H3,(H,25,30). The molecule has 1 atom stereocenters. The number of aryl methyl sites for hydroxylation is 1. The van der Waals surface area contributed by atoms with Crippen LogP contribution >= 0.6 is 11.3 Å². The number of nitrogens with one attached hydrogen (secondary N) is 1. The van der Waals surface area contributed by atoms with Crippen LogP contribution in [0.4, 0.5) is 5.69 Å². The fraction of sp³-hybridized carbons (Fsp3) is 0.375. The van der Waals surface area contributed by atoms with Gasteiger partial charge in [-0.3, -0.25) is 9.59 Å². The van der Waals surface area contributed by atoms with Crippen molar-refractivity contribution in [3.05, 3.63) is 62.8 Å². The summed E-state index contributed by atoms with van der Waals surface area (Å²) in [5.74, 6) is -0.0330. The highest BCUT2D eigenvalue weighted by Crippen LogP contribution is 2.35. The minimum absolute atomic E-state index is 0.0330. The van der Waals surface area contributed by atoms with Crippen LogP contribution in [-0.2, 0) is 4.79 Å². The highest BCUT2D eigenvalue weighted by molar-refractivity contribution is 7.16. The average molecular weight is 435 g/mol. The summed E-state index contributed by atoms with van der Waals surface area (Å²) in [6, 6.07) is 10.3. The largest absolute Gasteiger partial charge is 0.372 e. The Morgan fingerprint density at radius 2 is 1.94 bits per heavy atom. The number of hydrogen-bond donors (Lipinski definition) is 1. The summed E-state index contributed by atoms with van der Waals surface area (Å²) in [7, 11) is 0. The number of carbonyl (C=O) groups excluding carboxylic acids is 1. The van der Waals surface area contributed by atoms with E-state index in [1.807, 2.05) is 25.3 Å². The maximum Gasteiger partial charge on any atom is 0.258 e. The molecule has 2 aromatic heterocycles. The Kier molecular flexibility index (Phi) is 5.14. The number of fused-ring (bicyclic) bond motifs is 1. The first-order valence-electron chi connectivity index (χ1n) is 10.9. The van der Waals surface area contributed by atoms with Crippen LogP contribution in [0, 0.1) is 6.92 Å². The molecule has 2 aliphatic rings. The molecule has 1 saturated heterocycles. The van der Waals surface area contributed by atoms with Gasteiger partial charge in [0.2, 0.25) is 5.91 Å². The first kappa shape index (κ1) is 20.0. The van der Waals surface area contributed by atoms with E-state index in [2.05, 4.69) is 39.3 Å². The second-order valence-corrected chi connectivity index (χ2v) is 9.18. The third-order valence-electron chi connectivity index (χ3n) is 6.40. The highest BCUT2D eigenvalue weighted by Gasteiger charge is 2.34. The third kappa shape index (κ3) is 3.47. The molecule has 1 fully saturated rings. The van der Waals surface area contributed by atoms with Crippen LogP contribution in [0.1, 0.15) is 55.3 Å². The van der Waals surface area contributed by atoms with Crippen LogP contribution in [-0.4, -0.2) is 34.7 Å². The lowest BCUT2D eigenvalue weighted by atomic mass is 9.96. The maximum absolute atomic E-state index is 12.9. The molecule has 0 spiro atoms. The number of pyridine rings is 1. The number of hydrazone groups is 1. The van der Waals surface area contributed by atoms with Gasteiger partial charge in [0.05, 0.1) is 17.3 Å². The smallest absolute Gasteiger partial charge is 0.258 e. The van der Waals surface area contributed by atoms with E-state index in [1.165, 1.54) is 29.9 Å². The Morgan fingerprint density at radius 1 is 1.19 bits per heavy atom. The number of H-pyrrole nitrogens is 1. The molecule has 160 valence electrons. The second-order valence-electron chi connectivity index (χ2n) is 8.26. The molecule has 31 heavy (non-hydrogen) atoms. The zero-order valence-electron chi connectivity index (χ0n) is 17.9. The second kappa shape index (κ2) is 7.96. The van der Waals surface area contributed by atoms with Crippen molar-refractivity contribution >= 4 is 38.9 Å². The molecule has 6 nitrogen and oxygen atoms in total. The molecule has 3 aromatic rings. The minimum atomic E-state index is -0.188. The number of anilines is 1. The summed E-state index contributed by atoms with van der Waals surface area (Å²) in [6.07, 6.45) is 3.39. The Bertz CT molecular complexity index is 1220. The number of nitrogens with zero attached hydrogens (tertiary/aromatic N) is 3. The molecular weight excluding hydrogens is 408 g/mol. The van der Waals surface area contributed by atoms with Gasteiger partial charge in [-0.2, -0.15) is 5.10 Å². The number of thiophene rings is 1. The molecule has 7 heteroatoms. The predicted molar refractivity (Wildman–Crippen MR) is 126 cm³/mol. The van der Waals surface area contributed by atoms with Gasteiger partial charge in [0.15, 0.2) is 0 Å². The zero-order chi connectivity index (χ0) is 21.5. The molecular formula is C24H26N4O2S. The zero-order valence-corrected chi connectivity index (χ0v) is 18.7. The quantitative estimate of drug-likeness (QED) is 0.653. The lowest BCUT2D eigenvalue weighted by Crippen LogP contribution is -2.26. The summed E-state index contributed by atoms with van der Waals surface area (Å²) in [5, 5.41) is 9.27. The number of hydrogen-bond acceptors (Lipinski definition) is 5.